The molecule has 0 bridgehead atoms. The summed E-state index contributed by atoms with van der Waals surface area (Å²) in [6, 6.07) is 5.50. The molecule has 0 aliphatic heterocycles. The van der Waals surface area contributed by atoms with E-state index in [-0.39, 0.29) is 18.4 Å². The standard InChI is InChI=1S/C11H13Cl2N.ClH/c1-2-3-4-11(14)8-5-6-9(12)10(13)7-8;/h2,5-7,11H,1,3-4,14H2;1H/t11-;/m1./s1. The van der Waals surface area contributed by atoms with E-state index < -0.39 is 0 Å². The Kier molecular flexibility index (Phi) is 7.03. The Morgan fingerprint density at radius 3 is 2.53 bits per heavy atom. The van der Waals surface area contributed by atoms with Gasteiger partial charge in [-0.1, -0.05) is 35.3 Å². The van der Waals surface area contributed by atoms with Crippen LogP contribution < -0.4 is 5.73 Å². The zero-order valence-electron chi connectivity index (χ0n) is 8.25. The van der Waals surface area contributed by atoms with E-state index in [1.54, 1.807) is 6.07 Å². The largest absolute Gasteiger partial charge is 0.324 e. The summed E-state index contributed by atoms with van der Waals surface area (Å²) in [5, 5.41) is 1.12. The van der Waals surface area contributed by atoms with Crippen LogP contribution in [0.4, 0.5) is 0 Å². The quantitative estimate of drug-likeness (QED) is 0.804. The molecule has 0 heterocycles. The van der Waals surface area contributed by atoms with Gasteiger partial charge in [0.15, 0.2) is 0 Å². The lowest BCUT2D eigenvalue weighted by molar-refractivity contribution is 0.661. The molecule has 0 saturated heterocycles. The van der Waals surface area contributed by atoms with Crippen LogP contribution >= 0.6 is 35.6 Å². The van der Waals surface area contributed by atoms with Gasteiger partial charge in [0.1, 0.15) is 0 Å². The van der Waals surface area contributed by atoms with Crippen molar-refractivity contribution in [1.82, 2.24) is 0 Å². The van der Waals surface area contributed by atoms with Gasteiger partial charge >= 0.3 is 0 Å². The number of halogens is 3. The second-order valence-corrected chi connectivity index (χ2v) is 3.96. The topological polar surface area (TPSA) is 26.0 Å². The summed E-state index contributed by atoms with van der Waals surface area (Å²) in [6.07, 6.45) is 3.64. The van der Waals surface area contributed by atoms with Crippen LogP contribution in [0.2, 0.25) is 10.0 Å². The predicted octanol–water partition coefficient (Wildman–Crippen LogP) is 4.38. The minimum atomic E-state index is 0. The van der Waals surface area contributed by atoms with E-state index in [2.05, 4.69) is 6.58 Å². The Labute approximate surface area is 107 Å². The predicted molar refractivity (Wildman–Crippen MR) is 70.1 cm³/mol. The molecule has 2 N–H and O–H groups in total. The first-order chi connectivity index (χ1) is 6.65. The monoisotopic (exact) mass is 265 g/mol. The lowest BCUT2D eigenvalue weighted by atomic mass is 10.0. The van der Waals surface area contributed by atoms with E-state index in [0.29, 0.717) is 10.0 Å². The Balaban J connectivity index is 0.00000196. The van der Waals surface area contributed by atoms with Crippen LogP contribution in [-0.4, -0.2) is 0 Å². The highest BCUT2D eigenvalue weighted by Crippen LogP contribution is 2.26. The van der Waals surface area contributed by atoms with Crippen molar-refractivity contribution in [3.05, 3.63) is 46.5 Å². The van der Waals surface area contributed by atoms with Crippen molar-refractivity contribution >= 4 is 35.6 Å². The Morgan fingerprint density at radius 1 is 1.33 bits per heavy atom. The molecule has 0 amide bonds. The summed E-state index contributed by atoms with van der Waals surface area (Å²) in [4.78, 5) is 0. The van der Waals surface area contributed by atoms with Crippen molar-refractivity contribution in [2.45, 2.75) is 18.9 Å². The fourth-order valence-corrected chi connectivity index (χ4v) is 1.51. The maximum absolute atomic E-state index is 5.95. The maximum Gasteiger partial charge on any atom is 0.0595 e. The molecule has 1 aromatic rings. The molecule has 1 atom stereocenters. The van der Waals surface area contributed by atoms with Crippen LogP contribution in [0, 0.1) is 0 Å². The molecule has 1 aromatic carbocycles. The van der Waals surface area contributed by atoms with Crippen molar-refractivity contribution in [3.63, 3.8) is 0 Å². The fraction of sp³-hybridized carbons (Fsp3) is 0.273. The van der Waals surface area contributed by atoms with Crippen molar-refractivity contribution in [2.75, 3.05) is 0 Å². The van der Waals surface area contributed by atoms with Crippen molar-refractivity contribution in [1.29, 1.82) is 0 Å². The minimum Gasteiger partial charge on any atom is -0.324 e. The van der Waals surface area contributed by atoms with Gasteiger partial charge in [0.05, 0.1) is 10.0 Å². The van der Waals surface area contributed by atoms with E-state index in [4.69, 9.17) is 28.9 Å². The van der Waals surface area contributed by atoms with E-state index in [9.17, 15) is 0 Å². The maximum atomic E-state index is 5.95. The number of hydrogen-bond donors (Lipinski definition) is 1. The third-order valence-electron chi connectivity index (χ3n) is 2.05. The van der Waals surface area contributed by atoms with E-state index >= 15 is 0 Å². The molecule has 0 unspecified atom stereocenters. The third-order valence-corrected chi connectivity index (χ3v) is 2.79. The summed E-state index contributed by atoms with van der Waals surface area (Å²) in [5.74, 6) is 0. The molecular weight excluding hydrogens is 252 g/mol. The highest BCUT2D eigenvalue weighted by molar-refractivity contribution is 6.42. The van der Waals surface area contributed by atoms with E-state index in [1.165, 1.54) is 0 Å². The van der Waals surface area contributed by atoms with E-state index in [1.807, 2.05) is 18.2 Å². The molecule has 1 rings (SSSR count). The molecule has 0 fully saturated rings. The average Bonchev–Trinajstić information content (AvgIpc) is 2.18. The molecule has 1 nitrogen and oxygen atoms in total. The summed E-state index contributed by atoms with van der Waals surface area (Å²) in [6.45, 7) is 3.66. The van der Waals surface area contributed by atoms with Gasteiger partial charge in [-0.3, -0.25) is 0 Å². The van der Waals surface area contributed by atoms with E-state index in [0.717, 1.165) is 18.4 Å². The Hall–Kier alpha value is -0.210. The molecule has 0 saturated carbocycles. The smallest absolute Gasteiger partial charge is 0.0595 e. The molecule has 84 valence electrons. The SMILES string of the molecule is C=CCC[C@@H](N)c1ccc(Cl)c(Cl)c1.Cl. The van der Waals surface area contributed by atoms with Gasteiger partial charge in [-0.2, -0.15) is 0 Å². The third kappa shape index (κ3) is 4.43. The van der Waals surface area contributed by atoms with Crippen molar-refractivity contribution < 1.29 is 0 Å². The fourth-order valence-electron chi connectivity index (χ4n) is 1.21. The zero-order chi connectivity index (χ0) is 10.6. The normalized spacial score (nSPS) is 11.7. The second kappa shape index (κ2) is 7.13. The number of benzene rings is 1. The van der Waals surface area contributed by atoms with Gasteiger partial charge in [-0.25, -0.2) is 0 Å². The highest BCUT2D eigenvalue weighted by Gasteiger charge is 2.06. The van der Waals surface area contributed by atoms with Gasteiger partial charge in [0.25, 0.3) is 0 Å². The lowest BCUT2D eigenvalue weighted by Gasteiger charge is -2.11. The highest BCUT2D eigenvalue weighted by atomic mass is 35.5. The molecule has 0 spiro atoms. The second-order valence-electron chi connectivity index (χ2n) is 3.15. The number of nitrogens with two attached hydrogens (primary N) is 1. The molecule has 15 heavy (non-hydrogen) atoms. The van der Waals surface area contributed by atoms with Crippen LogP contribution in [0.15, 0.2) is 30.9 Å². The molecule has 0 aliphatic rings. The molecule has 0 aromatic heterocycles. The number of hydrogen-bond acceptors (Lipinski definition) is 1. The van der Waals surface area contributed by atoms with Crippen molar-refractivity contribution in [2.24, 2.45) is 5.73 Å². The van der Waals surface area contributed by atoms with Crippen LogP contribution in [-0.2, 0) is 0 Å². The number of rotatable bonds is 4. The van der Waals surface area contributed by atoms with Gasteiger partial charge in [0, 0.05) is 6.04 Å². The van der Waals surface area contributed by atoms with Crippen LogP contribution in [0.25, 0.3) is 0 Å². The van der Waals surface area contributed by atoms with Crippen molar-refractivity contribution in [3.8, 4) is 0 Å². The Bertz CT molecular complexity index is 326. The summed E-state index contributed by atoms with van der Waals surface area (Å²) in [7, 11) is 0. The zero-order valence-corrected chi connectivity index (χ0v) is 10.6. The van der Waals surface area contributed by atoms with Crippen LogP contribution in [0.3, 0.4) is 0 Å². The summed E-state index contributed by atoms with van der Waals surface area (Å²) < 4.78 is 0. The van der Waals surface area contributed by atoms with Gasteiger partial charge in [-0.05, 0) is 30.5 Å². The first-order valence-electron chi connectivity index (χ1n) is 4.46. The van der Waals surface area contributed by atoms with Gasteiger partial charge < -0.3 is 5.73 Å². The first kappa shape index (κ1) is 14.8. The summed E-state index contributed by atoms with van der Waals surface area (Å²) >= 11 is 11.7. The van der Waals surface area contributed by atoms with Crippen LogP contribution in [0.5, 0.6) is 0 Å². The molecule has 0 radical (unpaired) electrons. The van der Waals surface area contributed by atoms with Gasteiger partial charge in [-0.15, -0.1) is 19.0 Å². The first-order valence-corrected chi connectivity index (χ1v) is 5.22. The molecule has 4 heteroatoms. The van der Waals surface area contributed by atoms with Gasteiger partial charge in [0.2, 0.25) is 0 Å². The van der Waals surface area contributed by atoms with Crippen LogP contribution in [0.1, 0.15) is 24.4 Å². The number of allylic oxidation sites excluding steroid dienone is 1. The molecule has 0 aliphatic carbocycles. The summed E-state index contributed by atoms with van der Waals surface area (Å²) in [5.41, 5.74) is 6.97. The molecular formula is C11H14Cl3N. The lowest BCUT2D eigenvalue weighted by Crippen LogP contribution is -2.09. The Morgan fingerprint density at radius 2 is 2.00 bits per heavy atom. The average molecular weight is 267 g/mol. The minimum absolute atomic E-state index is 0.